The second-order valence-corrected chi connectivity index (χ2v) is 6.70. The van der Waals surface area contributed by atoms with E-state index < -0.39 is 0 Å². The molecule has 1 heterocycles. The van der Waals surface area contributed by atoms with Gasteiger partial charge < -0.3 is 9.72 Å². The largest absolute Gasteiger partial charge is 0.494 e. The summed E-state index contributed by atoms with van der Waals surface area (Å²) in [6, 6.07) is 9.92. The zero-order valence-electron chi connectivity index (χ0n) is 12.5. The molecule has 3 aromatic rings. The highest BCUT2D eigenvalue weighted by Gasteiger charge is 2.06. The number of aromatic amines is 1. The first kappa shape index (κ1) is 16.0. The number of halogens is 2. The molecule has 23 heavy (non-hydrogen) atoms. The van der Waals surface area contributed by atoms with E-state index in [0.29, 0.717) is 5.95 Å². The monoisotopic (exact) mass is 436 g/mol. The van der Waals surface area contributed by atoms with Gasteiger partial charge in [-0.15, -0.1) is 0 Å². The Hall–Kier alpha value is -1.86. The number of fused-ring (bicyclic) bond motifs is 1. The van der Waals surface area contributed by atoms with Crippen LogP contribution in [0.5, 0.6) is 5.75 Å². The number of aromatic nitrogens is 2. The third kappa shape index (κ3) is 3.56. The van der Waals surface area contributed by atoms with E-state index in [4.69, 9.17) is 4.74 Å². The molecule has 0 spiro atoms. The molecule has 0 unspecified atom stereocenters. The molecule has 0 saturated heterocycles. The minimum Gasteiger partial charge on any atom is -0.494 e. The van der Waals surface area contributed by atoms with Gasteiger partial charge in [0.25, 0.3) is 0 Å². The number of rotatable bonds is 4. The van der Waals surface area contributed by atoms with Crippen molar-refractivity contribution in [1.82, 2.24) is 9.97 Å². The maximum atomic E-state index is 5.28. The summed E-state index contributed by atoms with van der Waals surface area (Å²) in [4.78, 5) is 7.62. The van der Waals surface area contributed by atoms with E-state index in [1.807, 2.05) is 31.2 Å². The number of aryl methyl sites for hydroxylation is 1. The van der Waals surface area contributed by atoms with Crippen molar-refractivity contribution in [2.75, 3.05) is 12.5 Å². The molecule has 0 aliphatic heterocycles. The number of hydrogen-bond acceptors (Lipinski definition) is 4. The number of anilines is 1. The molecule has 0 bridgehead atoms. The first-order valence-electron chi connectivity index (χ1n) is 6.85. The number of H-pyrrole nitrogens is 1. The van der Waals surface area contributed by atoms with Crippen LogP contribution in [-0.4, -0.2) is 23.3 Å². The number of methoxy groups -OCH3 is 1. The fourth-order valence-electron chi connectivity index (χ4n) is 2.19. The van der Waals surface area contributed by atoms with Crippen molar-refractivity contribution in [3.8, 4) is 5.75 Å². The van der Waals surface area contributed by atoms with Gasteiger partial charge in [0.05, 0.1) is 33.3 Å². The van der Waals surface area contributed by atoms with Crippen molar-refractivity contribution in [2.45, 2.75) is 6.92 Å². The van der Waals surface area contributed by atoms with Crippen molar-refractivity contribution in [2.24, 2.45) is 5.10 Å². The van der Waals surface area contributed by atoms with E-state index in [0.717, 1.165) is 31.3 Å². The van der Waals surface area contributed by atoms with E-state index in [-0.39, 0.29) is 0 Å². The fourth-order valence-corrected chi connectivity index (χ4v) is 3.74. The zero-order valence-corrected chi connectivity index (χ0v) is 15.7. The molecule has 2 N–H and O–H groups in total. The van der Waals surface area contributed by atoms with Gasteiger partial charge in [-0.1, -0.05) is 6.07 Å². The number of hydrazone groups is 1. The number of imidazole rings is 1. The summed E-state index contributed by atoms with van der Waals surface area (Å²) in [6.07, 6.45) is 1.72. The molecule has 0 atom stereocenters. The predicted octanol–water partition coefficient (Wildman–Crippen LogP) is 4.85. The smallest absolute Gasteiger partial charge is 0.222 e. The van der Waals surface area contributed by atoms with Gasteiger partial charge in [0.2, 0.25) is 5.95 Å². The molecule has 1 aromatic heterocycles. The van der Waals surface area contributed by atoms with Crippen LogP contribution < -0.4 is 10.2 Å². The molecule has 0 amide bonds. The lowest BCUT2D eigenvalue weighted by molar-refractivity contribution is 0.409. The SMILES string of the molecule is COc1c(Br)cc(/C=N\Nc2nc3ccc(C)cc3[nH]2)cc1Br. The van der Waals surface area contributed by atoms with Crippen LogP contribution >= 0.6 is 31.9 Å². The fraction of sp³-hybridized carbons (Fsp3) is 0.125. The first-order valence-corrected chi connectivity index (χ1v) is 8.44. The summed E-state index contributed by atoms with van der Waals surface area (Å²) < 4.78 is 6.99. The minimum absolute atomic E-state index is 0.605. The lowest BCUT2D eigenvalue weighted by atomic mass is 10.2. The summed E-state index contributed by atoms with van der Waals surface area (Å²) in [5, 5.41) is 4.22. The summed E-state index contributed by atoms with van der Waals surface area (Å²) >= 11 is 6.94. The first-order chi connectivity index (χ1) is 11.1. The molecule has 0 fully saturated rings. The summed E-state index contributed by atoms with van der Waals surface area (Å²) in [6.45, 7) is 2.05. The standard InChI is InChI=1S/C16H14Br2N4O/c1-9-3-4-13-14(5-9)21-16(20-13)22-19-8-10-6-11(17)15(23-2)12(18)7-10/h3-8H,1-2H3,(H2,20,21,22)/b19-8-. The summed E-state index contributed by atoms with van der Waals surface area (Å²) in [5.41, 5.74) is 6.90. The van der Waals surface area contributed by atoms with Crippen LogP contribution in [0.3, 0.4) is 0 Å². The van der Waals surface area contributed by atoms with Gasteiger partial charge in [0.1, 0.15) is 5.75 Å². The molecule has 0 aliphatic rings. The van der Waals surface area contributed by atoms with Crippen molar-refractivity contribution in [3.63, 3.8) is 0 Å². The van der Waals surface area contributed by atoms with Gasteiger partial charge >= 0.3 is 0 Å². The molecule has 0 aliphatic carbocycles. The Morgan fingerprint density at radius 1 is 1.22 bits per heavy atom. The van der Waals surface area contributed by atoms with Crippen LogP contribution in [0, 0.1) is 6.92 Å². The van der Waals surface area contributed by atoms with Crippen LogP contribution in [0.4, 0.5) is 5.95 Å². The lowest BCUT2D eigenvalue weighted by Crippen LogP contribution is -1.93. The normalized spacial score (nSPS) is 11.3. The maximum Gasteiger partial charge on any atom is 0.222 e. The quantitative estimate of drug-likeness (QED) is 0.453. The van der Waals surface area contributed by atoms with Crippen molar-refractivity contribution in [1.29, 1.82) is 0 Å². The van der Waals surface area contributed by atoms with Gasteiger partial charge in [-0.25, -0.2) is 10.4 Å². The van der Waals surface area contributed by atoms with Crippen molar-refractivity contribution < 1.29 is 4.74 Å². The Morgan fingerprint density at radius 3 is 2.65 bits per heavy atom. The van der Waals surface area contributed by atoms with Gasteiger partial charge in [0.15, 0.2) is 0 Å². The van der Waals surface area contributed by atoms with Gasteiger partial charge in [-0.3, -0.25) is 0 Å². The van der Waals surface area contributed by atoms with Crippen LogP contribution in [0.1, 0.15) is 11.1 Å². The van der Waals surface area contributed by atoms with Crippen molar-refractivity contribution >= 4 is 55.1 Å². The van der Waals surface area contributed by atoms with Crippen LogP contribution in [0.25, 0.3) is 11.0 Å². The number of hydrogen-bond donors (Lipinski definition) is 2. The highest BCUT2D eigenvalue weighted by atomic mass is 79.9. The number of ether oxygens (including phenoxy) is 1. The molecule has 7 heteroatoms. The molecule has 3 rings (SSSR count). The minimum atomic E-state index is 0.605. The van der Waals surface area contributed by atoms with Gasteiger partial charge in [-0.2, -0.15) is 5.10 Å². The van der Waals surface area contributed by atoms with E-state index in [9.17, 15) is 0 Å². The molecule has 5 nitrogen and oxygen atoms in total. The Labute approximate surface area is 150 Å². The zero-order chi connectivity index (χ0) is 16.4. The molecule has 0 saturated carbocycles. The van der Waals surface area contributed by atoms with E-state index in [2.05, 4.69) is 58.4 Å². The van der Waals surface area contributed by atoms with Gasteiger partial charge in [0, 0.05) is 0 Å². The van der Waals surface area contributed by atoms with Gasteiger partial charge in [-0.05, 0) is 74.2 Å². The molecular formula is C16H14Br2N4O. The van der Waals surface area contributed by atoms with Crippen LogP contribution in [-0.2, 0) is 0 Å². The molecule has 118 valence electrons. The molecular weight excluding hydrogens is 424 g/mol. The highest BCUT2D eigenvalue weighted by molar-refractivity contribution is 9.11. The third-order valence-corrected chi connectivity index (χ3v) is 4.42. The molecule has 0 radical (unpaired) electrons. The maximum absolute atomic E-state index is 5.28. The van der Waals surface area contributed by atoms with Crippen LogP contribution in [0.15, 0.2) is 44.4 Å². The van der Waals surface area contributed by atoms with Crippen molar-refractivity contribution in [3.05, 3.63) is 50.4 Å². The lowest BCUT2D eigenvalue weighted by Gasteiger charge is -2.06. The molecule has 2 aromatic carbocycles. The van der Waals surface area contributed by atoms with Crippen LogP contribution in [0.2, 0.25) is 0 Å². The Kier molecular flexibility index (Phi) is 4.68. The number of nitrogens with one attached hydrogen (secondary N) is 2. The summed E-state index contributed by atoms with van der Waals surface area (Å²) in [5.74, 6) is 1.36. The average Bonchev–Trinajstić information content (AvgIpc) is 2.88. The summed E-state index contributed by atoms with van der Waals surface area (Å²) in [7, 11) is 1.63. The third-order valence-electron chi connectivity index (χ3n) is 3.25. The Bertz CT molecular complexity index is 866. The number of benzene rings is 2. The second-order valence-electron chi connectivity index (χ2n) is 4.99. The van der Waals surface area contributed by atoms with E-state index >= 15 is 0 Å². The average molecular weight is 438 g/mol. The highest BCUT2D eigenvalue weighted by Crippen LogP contribution is 2.33. The second kappa shape index (κ2) is 6.72. The number of nitrogens with zero attached hydrogens (tertiary/aromatic N) is 2. The van der Waals surface area contributed by atoms with E-state index in [1.54, 1.807) is 13.3 Å². The Morgan fingerprint density at radius 2 is 1.96 bits per heavy atom. The Balaban J connectivity index is 1.77. The van der Waals surface area contributed by atoms with E-state index in [1.165, 1.54) is 5.56 Å². The topological polar surface area (TPSA) is 62.3 Å². The predicted molar refractivity (Wildman–Crippen MR) is 100 cm³/mol.